The van der Waals surface area contributed by atoms with E-state index in [1.54, 1.807) is 6.07 Å². The number of carbonyl (C=O) groups is 2. The van der Waals surface area contributed by atoms with Gasteiger partial charge in [0.25, 0.3) is 5.91 Å². The average Bonchev–Trinajstić information content (AvgIpc) is 2.69. The van der Waals surface area contributed by atoms with Gasteiger partial charge in [-0.1, -0.05) is 25.4 Å². The van der Waals surface area contributed by atoms with Crippen molar-refractivity contribution in [3.63, 3.8) is 0 Å². The molecule has 0 bridgehead atoms. The molecular weight excluding hydrogens is 397 g/mol. The van der Waals surface area contributed by atoms with Crippen LogP contribution in [-0.4, -0.2) is 30.0 Å². The second kappa shape index (κ2) is 9.22. The molecule has 1 unspecified atom stereocenters. The number of hydrogen-bond acceptors (Lipinski definition) is 5. The molecule has 1 aromatic carbocycles. The van der Waals surface area contributed by atoms with Crippen molar-refractivity contribution in [3.05, 3.63) is 52.4 Å². The minimum absolute atomic E-state index is 0.0620. The second-order valence-electron chi connectivity index (χ2n) is 7.35. The van der Waals surface area contributed by atoms with Crippen LogP contribution in [0.1, 0.15) is 48.5 Å². The Kier molecular flexibility index (Phi) is 6.69. The van der Waals surface area contributed by atoms with Gasteiger partial charge >= 0.3 is 5.97 Å². The number of hydrogen-bond donors (Lipinski definition) is 2. The molecule has 3 rings (SSSR count). The molecule has 1 saturated heterocycles. The van der Waals surface area contributed by atoms with Gasteiger partial charge in [-0.25, -0.2) is 9.37 Å². The number of anilines is 2. The third kappa shape index (κ3) is 5.44. The summed E-state index contributed by atoms with van der Waals surface area (Å²) in [5.41, 5.74) is 1.67. The summed E-state index contributed by atoms with van der Waals surface area (Å²) in [7, 11) is 0. The van der Waals surface area contributed by atoms with Crippen LogP contribution in [0.4, 0.5) is 15.9 Å². The molecule has 0 saturated carbocycles. The molecule has 6 nitrogen and oxygen atoms in total. The van der Waals surface area contributed by atoms with Crippen LogP contribution in [0.25, 0.3) is 0 Å². The zero-order chi connectivity index (χ0) is 21.0. The highest BCUT2D eigenvalue weighted by atomic mass is 35.5. The van der Waals surface area contributed by atoms with Gasteiger partial charge in [-0.05, 0) is 48.1 Å². The summed E-state index contributed by atoms with van der Waals surface area (Å²) in [6.07, 6.45) is 2.54. The number of benzene rings is 1. The number of ether oxygens (including phenoxy) is 1. The standard InChI is InChI=1S/C21H23ClFN3O3/c1-12(2)15-9-19(26-18-8-14(23)3-4-17(18)22)24-11-16(15)21(28)25-10-13-5-6-29-20(27)7-13/h3-4,8-9,11-13H,5-7,10H2,1-2H3,(H,24,26)(H,25,28). The van der Waals surface area contributed by atoms with Crippen molar-refractivity contribution in [2.75, 3.05) is 18.5 Å². The maximum Gasteiger partial charge on any atom is 0.306 e. The number of aromatic nitrogens is 1. The zero-order valence-corrected chi connectivity index (χ0v) is 17.1. The van der Waals surface area contributed by atoms with E-state index in [1.807, 2.05) is 13.8 Å². The molecule has 1 fully saturated rings. The lowest BCUT2D eigenvalue weighted by Gasteiger charge is -2.22. The fourth-order valence-electron chi connectivity index (χ4n) is 3.18. The third-order valence-corrected chi connectivity index (χ3v) is 5.12. The van der Waals surface area contributed by atoms with Crippen molar-refractivity contribution < 1.29 is 18.7 Å². The lowest BCUT2D eigenvalue weighted by molar-refractivity contribution is -0.149. The highest BCUT2D eigenvalue weighted by molar-refractivity contribution is 6.33. The van der Waals surface area contributed by atoms with E-state index < -0.39 is 5.82 Å². The van der Waals surface area contributed by atoms with E-state index in [1.165, 1.54) is 24.4 Å². The molecule has 1 atom stereocenters. The van der Waals surface area contributed by atoms with Gasteiger partial charge in [-0.2, -0.15) is 0 Å². The van der Waals surface area contributed by atoms with Gasteiger partial charge in [-0.15, -0.1) is 0 Å². The number of carbonyl (C=O) groups excluding carboxylic acids is 2. The average molecular weight is 420 g/mol. The van der Waals surface area contributed by atoms with E-state index >= 15 is 0 Å². The third-order valence-electron chi connectivity index (χ3n) is 4.79. The number of nitrogens with one attached hydrogen (secondary N) is 2. The molecule has 0 aliphatic carbocycles. The highest BCUT2D eigenvalue weighted by Gasteiger charge is 2.22. The number of pyridine rings is 1. The largest absolute Gasteiger partial charge is 0.466 e. The fourth-order valence-corrected chi connectivity index (χ4v) is 3.35. The zero-order valence-electron chi connectivity index (χ0n) is 16.3. The number of halogens is 2. The van der Waals surface area contributed by atoms with E-state index in [-0.39, 0.29) is 23.7 Å². The quantitative estimate of drug-likeness (QED) is 0.677. The first-order valence-electron chi connectivity index (χ1n) is 9.49. The van der Waals surface area contributed by atoms with Crippen molar-refractivity contribution in [3.8, 4) is 0 Å². The SMILES string of the molecule is CC(C)c1cc(Nc2cc(F)ccc2Cl)ncc1C(=O)NCC1CCOC(=O)C1. The first kappa shape index (κ1) is 21.0. The molecule has 1 aliphatic rings. The summed E-state index contributed by atoms with van der Waals surface area (Å²) in [6, 6.07) is 5.79. The van der Waals surface area contributed by atoms with Gasteiger partial charge < -0.3 is 15.4 Å². The Morgan fingerprint density at radius 2 is 2.17 bits per heavy atom. The van der Waals surface area contributed by atoms with Crippen LogP contribution in [0.2, 0.25) is 5.02 Å². The van der Waals surface area contributed by atoms with Crippen molar-refractivity contribution >= 4 is 35.0 Å². The molecule has 2 aromatic rings. The van der Waals surface area contributed by atoms with Crippen molar-refractivity contribution in [2.45, 2.75) is 32.6 Å². The minimum Gasteiger partial charge on any atom is -0.466 e. The lowest BCUT2D eigenvalue weighted by Crippen LogP contribution is -2.34. The highest BCUT2D eigenvalue weighted by Crippen LogP contribution is 2.28. The molecular formula is C21H23ClFN3O3. The second-order valence-corrected chi connectivity index (χ2v) is 7.76. The molecule has 8 heteroatoms. The van der Waals surface area contributed by atoms with E-state index in [4.69, 9.17) is 16.3 Å². The maximum absolute atomic E-state index is 13.5. The number of cyclic esters (lactones) is 1. The van der Waals surface area contributed by atoms with Crippen molar-refractivity contribution in [2.24, 2.45) is 5.92 Å². The molecule has 0 radical (unpaired) electrons. The monoisotopic (exact) mass is 419 g/mol. The number of amides is 1. The van der Waals surface area contributed by atoms with Crippen LogP contribution in [0, 0.1) is 11.7 Å². The van der Waals surface area contributed by atoms with E-state index in [0.29, 0.717) is 41.7 Å². The molecule has 29 heavy (non-hydrogen) atoms. The Morgan fingerprint density at radius 1 is 1.38 bits per heavy atom. The molecule has 2 N–H and O–H groups in total. The molecule has 1 aliphatic heterocycles. The summed E-state index contributed by atoms with van der Waals surface area (Å²) < 4.78 is 18.4. The van der Waals surface area contributed by atoms with Crippen molar-refractivity contribution in [1.82, 2.24) is 10.3 Å². The predicted octanol–water partition coefficient (Wildman–Crippen LogP) is 4.42. The van der Waals surface area contributed by atoms with Crippen molar-refractivity contribution in [1.29, 1.82) is 0 Å². The van der Waals surface area contributed by atoms with Crippen LogP contribution in [-0.2, 0) is 9.53 Å². The van der Waals surface area contributed by atoms with Crippen LogP contribution in [0.3, 0.4) is 0 Å². The Labute approximate surface area is 173 Å². The van der Waals surface area contributed by atoms with Crippen LogP contribution < -0.4 is 10.6 Å². The minimum atomic E-state index is -0.413. The molecule has 154 valence electrons. The van der Waals surface area contributed by atoms with Gasteiger partial charge in [0.2, 0.25) is 0 Å². The Hall–Kier alpha value is -2.67. The number of esters is 1. The normalized spacial score (nSPS) is 16.4. The molecule has 2 heterocycles. The van der Waals surface area contributed by atoms with Crippen LogP contribution >= 0.6 is 11.6 Å². The van der Waals surface area contributed by atoms with Crippen LogP contribution in [0.15, 0.2) is 30.5 Å². The topological polar surface area (TPSA) is 80.3 Å². The van der Waals surface area contributed by atoms with Gasteiger partial charge in [0.05, 0.1) is 29.3 Å². The number of nitrogens with zero attached hydrogens (tertiary/aromatic N) is 1. The predicted molar refractivity (Wildman–Crippen MR) is 109 cm³/mol. The van der Waals surface area contributed by atoms with Gasteiger partial charge in [0, 0.05) is 12.7 Å². The summed E-state index contributed by atoms with van der Waals surface area (Å²) in [5, 5.41) is 6.26. The van der Waals surface area contributed by atoms with Gasteiger partial charge in [-0.3, -0.25) is 9.59 Å². The Balaban J connectivity index is 1.74. The van der Waals surface area contributed by atoms with E-state index in [9.17, 15) is 14.0 Å². The Morgan fingerprint density at radius 3 is 2.90 bits per heavy atom. The van der Waals surface area contributed by atoms with E-state index in [2.05, 4.69) is 15.6 Å². The molecule has 1 amide bonds. The first-order chi connectivity index (χ1) is 13.8. The number of rotatable bonds is 6. The van der Waals surface area contributed by atoms with Crippen LogP contribution in [0.5, 0.6) is 0 Å². The summed E-state index contributed by atoms with van der Waals surface area (Å²) >= 11 is 6.10. The molecule has 0 spiro atoms. The van der Waals surface area contributed by atoms with Gasteiger partial charge in [0.1, 0.15) is 11.6 Å². The molecule has 1 aromatic heterocycles. The maximum atomic E-state index is 13.5. The van der Waals surface area contributed by atoms with Gasteiger partial charge in [0.15, 0.2) is 0 Å². The Bertz CT molecular complexity index is 920. The summed E-state index contributed by atoms with van der Waals surface area (Å²) in [5.74, 6) is -0.281. The fraction of sp³-hybridized carbons (Fsp3) is 0.381. The lowest BCUT2D eigenvalue weighted by atomic mass is 9.97. The summed E-state index contributed by atoms with van der Waals surface area (Å²) in [4.78, 5) is 28.4. The van der Waals surface area contributed by atoms with E-state index in [0.717, 1.165) is 12.0 Å². The first-order valence-corrected chi connectivity index (χ1v) is 9.87. The summed E-state index contributed by atoms with van der Waals surface area (Å²) in [6.45, 7) is 4.75. The smallest absolute Gasteiger partial charge is 0.306 e.